The number of aliphatic hydroxyl groups is 1. The maximum Gasteiger partial charge on any atom is 0.248 e. The van der Waals surface area contributed by atoms with Crippen LogP contribution in [0.2, 0.25) is 0 Å². The standard InChI is InChI=1S/C57H100N12O13/c1-30(2)24-36(29-70)59-49(77)41-20-18-22-68(41)53(81)56(14,15)66-48(76)39(27-33(7)8)61-45(73)37(25-31(3)4)62-50(78)42-21-19-23-69(42)54(82)57(16,17)67-51(79)44(34(9)10)64-47(75)38(26-32(5)6)60-46(74)40(28-43(58)72)63-52(80)55(12,13)65-35(11)71/h30-34,36-42,44,70H,18-29H2,1-17H3,(H2,58,72)(H,59,77)(H,60,74)(H,61,73)(H,62,78)(H,63,80)(H,64,75)(H,65,71)(H,66,76)(H,67,79)/t36-,37+,38-,39-,40-,41+,42+,44-/m0/s1. The van der Waals surface area contributed by atoms with Crippen LogP contribution in [0.5, 0.6) is 0 Å². The minimum atomic E-state index is -1.66. The third-order valence-corrected chi connectivity index (χ3v) is 14.2. The summed E-state index contributed by atoms with van der Waals surface area (Å²) in [5.41, 5.74) is 0.756. The second kappa shape index (κ2) is 31.3. The van der Waals surface area contributed by atoms with Crippen LogP contribution in [0, 0.1) is 29.6 Å². The molecule has 0 spiro atoms. The lowest BCUT2D eigenvalue weighted by molar-refractivity contribution is -0.146. The first-order valence-electron chi connectivity index (χ1n) is 29.0. The second-order valence-electron chi connectivity index (χ2n) is 25.9. The van der Waals surface area contributed by atoms with Crippen LogP contribution in [0.4, 0.5) is 0 Å². The summed E-state index contributed by atoms with van der Waals surface area (Å²) in [6, 6.07) is -8.73. The van der Waals surface area contributed by atoms with Gasteiger partial charge in [0.05, 0.1) is 19.1 Å². The highest BCUT2D eigenvalue weighted by atomic mass is 16.3. The summed E-state index contributed by atoms with van der Waals surface area (Å²) in [5, 5.41) is 34.1. The molecular formula is C57H100N12O13. The molecule has 0 radical (unpaired) electrons. The Labute approximate surface area is 485 Å². The van der Waals surface area contributed by atoms with Crippen LogP contribution in [0.25, 0.3) is 0 Å². The maximum absolute atomic E-state index is 14.5. The Bertz CT molecular complexity index is 2300. The van der Waals surface area contributed by atoms with Crippen molar-refractivity contribution < 1.29 is 62.6 Å². The summed E-state index contributed by atoms with van der Waals surface area (Å²) in [5.74, 6) is -8.97. The number of amides is 12. The van der Waals surface area contributed by atoms with E-state index in [1.807, 2.05) is 41.5 Å². The monoisotopic (exact) mass is 1160 g/mol. The van der Waals surface area contributed by atoms with Crippen molar-refractivity contribution in [2.45, 2.75) is 240 Å². The summed E-state index contributed by atoms with van der Waals surface area (Å²) in [6.45, 7) is 28.4. The van der Waals surface area contributed by atoms with Gasteiger partial charge in [0.1, 0.15) is 58.9 Å². The fourth-order valence-corrected chi connectivity index (χ4v) is 10.2. The van der Waals surface area contributed by atoms with Crippen LogP contribution in [-0.2, 0) is 57.5 Å². The molecule has 0 unspecified atom stereocenters. The number of likely N-dealkylation sites (tertiary alicyclic amines) is 2. The van der Waals surface area contributed by atoms with E-state index < -0.39 is 142 Å². The van der Waals surface area contributed by atoms with E-state index in [2.05, 4.69) is 47.9 Å². The molecule has 2 fully saturated rings. The Morgan fingerprint density at radius 1 is 0.488 bits per heavy atom. The molecule has 12 N–H and O–H groups in total. The van der Waals surface area contributed by atoms with Gasteiger partial charge in [0.2, 0.25) is 70.9 Å². The second-order valence-corrected chi connectivity index (χ2v) is 25.9. The van der Waals surface area contributed by atoms with Crippen molar-refractivity contribution in [2.24, 2.45) is 35.3 Å². The predicted molar refractivity (Wildman–Crippen MR) is 307 cm³/mol. The molecule has 0 saturated carbocycles. The molecule has 2 aliphatic heterocycles. The van der Waals surface area contributed by atoms with Crippen LogP contribution < -0.4 is 53.6 Å². The third-order valence-electron chi connectivity index (χ3n) is 14.2. The van der Waals surface area contributed by atoms with E-state index in [1.165, 1.54) is 58.3 Å². The molecule has 2 aliphatic rings. The normalized spacial score (nSPS) is 18.0. The zero-order valence-electron chi connectivity index (χ0n) is 51.8. The molecule has 0 bridgehead atoms. The first-order chi connectivity index (χ1) is 37.7. The highest BCUT2D eigenvalue weighted by Gasteiger charge is 2.46. The Balaban J connectivity index is 2.29. The largest absolute Gasteiger partial charge is 0.394 e. The van der Waals surface area contributed by atoms with Gasteiger partial charge < -0.3 is 68.5 Å². The van der Waals surface area contributed by atoms with Gasteiger partial charge in [-0.2, -0.15) is 0 Å². The van der Waals surface area contributed by atoms with Crippen molar-refractivity contribution in [1.82, 2.24) is 57.7 Å². The first kappa shape index (κ1) is 71.7. The van der Waals surface area contributed by atoms with Crippen LogP contribution in [-0.4, -0.2) is 170 Å². The molecule has 0 aromatic rings. The van der Waals surface area contributed by atoms with E-state index in [9.17, 15) is 62.6 Å². The van der Waals surface area contributed by atoms with Crippen LogP contribution in [0.3, 0.4) is 0 Å². The minimum absolute atomic E-state index is 0.0606. The number of rotatable bonds is 31. The maximum atomic E-state index is 14.5. The highest BCUT2D eigenvalue weighted by molar-refractivity contribution is 6.01. The highest BCUT2D eigenvalue weighted by Crippen LogP contribution is 2.25. The number of primary amides is 1. The number of nitrogens with zero attached hydrogens (tertiary/aromatic N) is 2. The fourth-order valence-electron chi connectivity index (χ4n) is 10.2. The average molecular weight is 1160 g/mol. The van der Waals surface area contributed by atoms with E-state index in [4.69, 9.17) is 5.73 Å². The van der Waals surface area contributed by atoms with Crippen molar-refractivity contribution in [3.8, 4) is 0 Å². The molecule has 2 rings (SSSR count). The van der Waals surface area contributed by atoms with Gasteiger partial charge in [-0.15, -0.1) is 0 Å². The van der Waals surface area contributed by atoms with Gasteiger partial charge in [0.25, 0.3) is 0 Å². The molecule has 82 heavy (non-hydrogen) atoms. The number of nitrogens with one attached hydrogen (secondary N) is 9. The first-order valence-corrected chi connectivity index (χ1v) is 29.0. The van der Waals surface area contributed by atoms with Gasteiger partial charge >= 0.3 is 0 Å². The SMILES string of the molecule is CC(=O)NC(C)(C)C(=O)N[C@@H](CC(N)=O)C(=O)N[C@@H](CC(C)C)C(=O)N[C@H](C(=O)NC(C)(C)C(=O)N1CCC[C@@H]1C(=O)N[C@H](CC(C)C)C(=O)N[C@@H](CC(C)C)C(=O)NC(C)(C)C(=O)N1CCC[C@@H]1C(=O)N[C@H](CO)CC(C)C)C(C)C. The Kier molecular flexibility index (Phi) is 27.4. The topological polar surface area (TPSA) is 366 Å². The van der Waals surface area contributed by atoms with E-state index in [-0.39, 0.29) is 75.0 Å². The third kappa shape index (κ3) is 22.1. The predicted octanol–water partition coefficient (Wildman–Crippen LogP) is 0.290. The lowest BCUT2D eigenvalue weighted by Crippen LogP contribution is -2.64. The molecule has 466 valence electrons. The molecule has 2 saturated heterocycles. The lowest BCUT2D eigenvalue weighted by atomic mass is 9.97. The average Bonchev–Trinajstić information content (AvgIpc) is 4.24. The summed E-state index contributed by atoms with van der Waals surface area (Å²) in [6.07, 6.45) is 1.89. The number of hydrogen-bond donors (Lipinski definition) is 11. The zero-order valence-corrected chi connectivity index (χ0v) is 51.8. The quantitative estimate of drug-likeness (QED) is 0.0445. The molecule has 2 heterocycles. The Morgan fingerprint density at radius 2 is 0.878 bits per heavy atom. The molecule has 0 aromatic carbocycles. The molecule has 12 amide bonds. The van der Waals surface area contributed by atoms with Gasteiger partial charge in [-0.3, -0.25) is 57.5 Å². The Hall–Kier alpha value is -6.40. The van der Waals surface area contributed by atoms with Crippen LogP contribution >= 0.6 is 0 Å². The summed E-state index contributed by atoms with van der Waals surface area (Å²) >= 11 is 0. The van der Waals surface area contributed by atoms with E-state index in [0.29, 0.717) is 25.7 Å². The molecule has 8 atom stereocenters. The summed E-state index contributed by atoms with van der Waals surface area (Å²) in [4.78, 5) is 166. The number of aliphatic hydroxyl groups excluding tert-OH is 1. The van der Waals surface area contributed by atoms with Crippen molar-refractivity contribution in [1.29, 1.82) is 0 Å². The summed E-state index contributed by atoms with van der Waals surface area (Å²) in [7, 11) is 0. The molecule has 0 aliphatic carbocycles. The van der Waals surface area contributed by atoms with Gasteiger partial charge in [0.15, 0.2) is 0 Å². The number of nitrogens with two attached hydrogens (primary N) is 1. The van der Waals surface area contributed by atoms with Crippen molar-refractivity contribution in [3.63, 3.8) is 0 Å². The van der Waals surface area contributed by atoms with E-state index in [0.717, 1.165) is 0 Å². The number of hydrogen-bond acceptors (Lipinski definition) is 13. The van der Waals surface area contributed by atoms with Crippen LogP contribution in [0.1, 0.15) is 175 Å². The molecule has 0 aromatic heterocycles. The lowest BCUT2D eigenvalue weighted by Gasteiger charge is -2.36. The van der Waals surface area contributed by atoms with Crippen molar-refractivity contribution in [3.05, 3.63) is 0 Å². The molecule has 25 nitrogen and oxygen atoms in total. The number of carbonyl (C=O) groups excluding carboxylic acids is 12. The van der Waals surface area contributed by atoms with Crippen molar-refractivity contribution >= 4 is 70.9 Å². The minimum Gasteiger partial charge on any atom is -0.394 e. The fraction of sp³-hybridized carbons (Fsp3) is 0.789. The van der Waals surface area contributed by atoms with Gasteiger partial charge in [-0.05, 0) is 122 Å². The van der Waals surface area contributed by atoms with Gasteiger partial charge in [0, 0.05) is 20.0 Å². The zero-order chi connectivity index (χ0) is 62.9. The van der Waals surface area contributed by atoms with Crippen LogP contribution in [0.15, 0.2) is 0 Å². The smallest absolute Gasteiger partial charge is 0.248 e. The molecular weight excluding hydrogens is 1060 g/mol. The van der Waals surface area contributed by atoms with Gasteiger partial charge in [-0.25, -0.2) is 0 Å². The van der Waals surface area contributed by atoms with E-state index >= 15 is 0 Å². The van der Waals surface area contributed by atoms with Crippen molar-refractivity contribution in [2.75, 3.05) is 19.7 Å². The van der Waals surface area contributed by atoms with E-state index in [1.54, 1.807) is 27.7 Å². The molecule has 25 heteroatoms. The Morgan fingerprint density at radius 3 is 1.28 bits per heavy atom. The number of carbonyl (C=O) groups is 12. The summed E-state index contributed by atoms with van der Waals surface area (Å²) < 4.78 is 0. The van der Waals surface area contributed by atoms with Gasteiger partial charge in [-0.1, -0.05) is 69.2 Å².